The summed E-state index contributed by atoms with van der Waals surface area (Å²) in [6.07, 6.45) is 1.45. The summed E-state index contributed by atoms with van der Waals surface area (Å²) in [6.45, 7) is 0.0639. The lowest BCUT2D eigenvalue weighted by atomic mass is 10.1. The van der Waals surface area contributed by atoms with Gasteiger partial charge in [0.1, 0.15) is 11.5 Å². The number of halogens is 2. The van der Waals surface area contributed by atoms with Crippen LogP contribution in [0.4, 0.5) is 10.5 Å². The molecule has 0 unspecified atom stereocenters. The van der Waals surface area contributed by atoms with Crippen molar-refractivity contribution in [2.75, 3.05) is 0 Å². The van der Waals surface area contributed by atoms with Crippen LogP contribution in [0.3, 0.4) is 0 Å². The van der Waals surface area contributed by atoms with E-state index in [1.165, 1.54) is 24.3 Å². The van der Waals surface area contributed by atoms with Crippen molar-refractivity contribution in [1.29, 1.82) is 0 Å². The molecule has 156 valence electrons. The van der Waals surface area contributed by atoms with Gasteiger partial charge in [-0.25, -0.2) is 0 Å². The first-order valence-corrected chi connectivity index (χ1v) is 10.4. The summed E-state index contributed by atoms with van der Waals surface area (Å²) >= 11 is 13.1. The number of furan rings is 1. The minimum Gasteiger partial charge on any atom is -0.457 e. The van der Waals surface area contributed by atoms with Crippen LogP contribution in [0.15, 0.2) is 63.9 Å². The van der Waals surface area contributed by atoms with Crippen molar-refractivity contribution in [3.8, 4) is 11.3 Å². The second-order valence-electron chi connectivity index (χ2n) is 6.48. The molecule has 1 saturated heterocycles. The van der Waals surface area contributed by atoms with Gasteiger partial charge in [-0.1, -0.05) is 41.4 Å². The fraction of sp³-hybridized carbons (Fsp3) is 0.0476. The Bertz CT molecular complexity index is 1250. The molecule has 2 heterocycles. The Morgan fingerprint density at radius 3 is 2.58 bits per heavy atom. The number of imide groups is 1. The highest BCUT2D eigenvalue weighted by molar-refractivity contribution is 8.18. The lowest BCUT2D eigenvalue weighted by Crippen LogP contribution is -2.27. The number of non-ortho nitro benzene ring substituents is 1. The van der Waals surface area contributed by atoms with Gasteiger partial charge in [0.15, 0.2) is 0 Å². The van der Waals surface area contributed by atoms with E-state index in [0.717, 1.165) is 16.7 Å². The molecular formula is C21H12Cl2N2O5S. The molecule has 0 radical (unpaired) electrons. The zero-order valence-corrected chi connectivity index (χ0v) is 17.9. The van der Waals surface area contributed by atoms with E-state index in [4.69, 9.17) is 27.6 Å². The fourth-order valence-electron chi connectivity index (χ4n) is 2.95. The summed E-state index contributed by atoms with van der Waals surface area (Å²) in [4.78, 5) is 36.9. The number of nitro groups is 1. The van der Waals surface area contributed by atoms with Crippen LogP contribution in [-0.4, -0.2) is 21.0 Å². The maximum Gasteiger partial charge on any atom is 0.293 e. The lowest BCUT2D eigenvalue weighted by molar-refractivity contribution is -0.384. The average molecular weight is 475 g/mol. The van der Waals surface area contributed by atoms with Crippen molar-refractivity contribution < 1.29 is 18.9 Å². The molecule has 2 amide bonds. The van der Waals surface area contributed by atoms with Crippen LogP contribution in [-0.2, 0) is 11.3 Å². The smallest absolute Gasteiger partial charge is 0.293 e. The van der Waals surface area contributed by atoms with E-state index < -0.39 is 16.1 Å². The highest BCUT2D eigenvalue weighted by Crippen LogP contribution is 2.36. The van der Waals surface area contributed by atoms with Crippen LogP contribution in [0.2, 0.25) is 10.0 Å². The van der Waals surface area contributed by atoms with Gasteiger partial charge in [0.25, 0.3) is 16.8 Å². The maximum absolute atomic E-state index is 12.7. The van der Waals surface area contributed by atoms with Crippen molar-refractivity contribution in [2.24, 2.45) is 0 Å². The molecule has 3 aromatic rings. The van der Waals surface area contributed by atoms with E-state index >= 15 is 0 Å². The number of hydrogen-bond donors (Lipinski definition) is 0. The molecule has 2 aromatic carbocycles. The molecular weight excluding hydrogens is 463 g/mol. The molecule has 31 heavy (non-hydrogen) atoms. The number of carbonyl (C=O) groups is 2. The Kier molecular flexibility index (Phi) is 5.86. The monoisotopic (exact) mass is 474 g/mol. The van der Waals surface area contributed by atoms with Crippen LogP contribution in [0.5, 0.6) is 0 Å². The first-order valence-electron chi connectivity index (χ1n) is 8.86. The normalized spacial score (nSPS) is 15.2. The molecule has 0 spiro atoms. The highest BCUT2D eigenvalue weighted by atomic mass is 35.5. The van der Waals surface area contributed by atoms with Gasteiger partial charge in [-0.05, 0) is 41.6 Å². The number of thioether (sulfide) groups is 1. The van der Waals surface area contributed by atoms with Gasteiger partial charge in [0, 0.05) is 28.8 Å². The van der Waals surface area contributed by atoms with Crippen LogP contribution in [0.1, 0.15) is 11.3 Å². The van der Waals surface area contributed by atoms with E-state index in [0.29, 0.717) is 27.7 Å². The Labute approximate surface area is 190 Å². The van der Waals surface area contributed by atoms with E-state index in [1.54, 1.807) is 36.4 Å². The van der Waals surface area contributed by atoms with Gasteiger partial charge >= 0.3 is 0 Å². The van der Waals surface area contributed by atoms with Crippen LogP contribution in [0, 0.1) is 10.1 Å². The van der Waals surface area contributed by atoms with Crippen LogP contribution in [0.25, 0.3) is 17.4 Å². The molecule has 0 atom stereocenters. The van der Waals surface area contributed by atoms with E-state index in [2.05, 4.69) is 0 Å². The SMILES string of the molecule is O=C1S/C(=C/c2ccc(-c3cc([N+](=O)[O-])ccc3Cl)o2)C(=O)N1Cc1ccccc1Cl. The highest BCUT2D eigenvalue weighted by Gasteiger charge is 2.35. The standard InChI is InChI=1S/C21H12Cl2N2O5S/c22-16-4-2-1-3-12(16)11-24-20(26)19(31-21(24)27)10-14-6-8-18(30-14)15-9-13(25(28)29)5-7-17(15)23/h1-10H,11H2/b19-10+. The Hall–Kier alpha value is -3.07. The van der Waals surface area contributed by atoms with Gasteiger partial charge in [0.2, 0.25) is 0 Å². The second kappa shape index (κ2) is 8.58. The van der Waals surface area contributed by atoms with Crippen molar-refractivity contribution in [2.45, 2.75) is 6.54 Å². The van der Waals surface area contributed by atoms with Gasteiger partial charge < -0.3 is 4.42 Å². The number of benzene rings is 2. The number of carbonyl (C=O) groups excluding carboxylic acids is 2. The molecule has 7 nitrogen and oxygen atoms in total. The minimum absolute atomic E-state index is 0.0639. The molecule has 1 aliphatic heterocycles. The number of hydrogen-bond acceptors (Lipinski definition) is 6. The van der Waals surface area contributed by atoms with Gasteiger partial charge in [-0.3, -0.25) is 24.6 Å². The van der Waals surface area contributed by atoms with Crippen molar-refractivity contribution >= 4 is 57.9 Å². The summed E-state index contributed by atoms with van der Waals surface area (Å²) in [7, 11) is 0. The zero-order valence-electron chi connectivity index (χ0n) is 15.6. The largest absolute Gasteiger partial charge is 0.457 e. The lowest BCUT2D eigenvalue weighted by Gasteiger charge is -2.13. The molecule has 1 fully saturated rings. The molecule has 0 bridgehead atoms. The predicted octanol–water partition coefficient (Wildman–Crippen LogP) is 6.40. The number of rotatable bonds is 5. The molecule has 0 N–H and O–H groups in total. The van der Waals surface area contributed by atoms with Gasteiger partial charge in [-0.15, -0.1) is 0 Å². The van der Waals surface area contributed by atoms with Crippen molar-refractivity contribution in [3.63, 3.8) is 0 Å². The number of nitro benzene ring substituents is 1. The van der Waals surface area contributed by atoms with E-state index in [-0.39, 0.29) is 22.2 Å². The second-order valence-corrected chi connectivity index (χ2v) is 8.29. The zero-order chi connectivity index (χ0) is 22.1. The number of amides is 2. The maximum atomic E-state index is 12.7. The molecule has 1 aromatic heterocycles. The number of nitrogens with zero attached hydrogens (tertiary/aromatic N) is 2. The summed E-state index contributed by atoms with van der Waals surface area (Å²) < 4.78 is 5.70. The first kappa shape index (κ1) is 21.2. The third-order valence-corrected chi connectivity index (χ3v) is 6.09. The third kappa shape index (κ3) is 4.36. The molecule has 4 rings (SSSR count). The van der Waals surface area contributed by atoms with E-state index in [1.807, 2.05) is 0 Å². The van der Waals surface area contributed by atoms with Gasteiger partial charge in [-0.2, -0.15) is 0 Å². The average Bonchev–Trinajstić information content (AvgIpc) is 3.30. The van der Waals surface area contributed by atoms with E-state index in [9.17, 15) is 19.7 Å². The molecule has 0 saturated carbocycles. The summed E-state index contributed by atoms with van der Waals surface area (Å²) in [5.41, 5.74) is 0.883. The van der Waals surface area contributed by atoms with Crippen molar-refractivity contribution in [1.82, 2.24) is 4.90 Å². The molecule has 1 aliphatic rings. The fourth-order valence-corrected chi connectivity index (χ4v) is 4.18. The van der Waals surface area contributed by atoms with Crippen LogP contribution < -0.4 is 0 Å². The topological polar surface area (TPSA) is 93.7 Å². The van der Waals surface area contributed by atoms with Crippen LogP contribution >= 0.6 is 35.0 Å². The first-order chi connectivity index (χ1) is 14.8. The summed E-state index contributed by atoms with van der Waals surface area (Å²) in [5, 5.41) is 11.4. The third-order valence-electron chi connectivity index (χ3n) is 4.49. The van der Waals surface area contributed by atoms with Gasteiger partial charge in [0.05, 0.1) is 21.4 Å². The minimum atomic E-state index is -0.529. The predicted molar refractivity (Wildman–Crippen MR) is 119 cm³/mol. The summed E-state index contributed by atoms with van der Waals surface area (Å²) in [6, 6.07) is 14.2. The Balaban J connectivity index is 1.58. The molecule has 0 aliphatic carbocycles. The molecule has 10 heteroatoms. The van der Waals surface area contributed by atoms with Crippen molar-refractivity contribution in [3.05, 3.63) is 91.0 Å². The Morgan fingerprint density at radius 1 is 1.06 bits per heavy atom. The Morgan fingerprint density at radius 2 is 1.84 bits per heavy atom. The summed E-state index contributed by atoms with van der Waals surface area (Å²) in [5.74, 6) is 0.150. The quantitative estimate of drug-likeness (QED) is 0.241.